The maximum Gasteiger partial charge on any atom is 0.251 e. The molecule has 1 aliphatic carbocycles. The largest absolute Gasteiger partial charge is 0.352 e. The summed E-state index contributed by atoms with van der Waals surface area (Å²) in [5, 5.41) is 2.80. The normalized spacial score (nSPS) is 15.1. The lowest BCUT2D eigenvalue weighted by molar-refractivity contribution is 0.0953. The van der Waals surface area contributed by atoms with Gasteiger partial charge < -0.3 is 5.32 Å². The molecule has 0 aliphatic heterocycles. The molecule has 1 fully saturated rings. The lowest BCUT2D eigenvalue weighted by Gasteiger charge is -2.07. The van der Waals surface area contributed by atoms with Crippen molar-refractivity contribution >= 4 is 15.9 Å². The van der Waals surface area contributed by atoms with Crippen LogP contribution in [0.4, 0.5) is 0 Å². The lowest BCUT2D eigenvalue weighted by Crippen LogP contribution is -2.26. The number of carbonyl (C=O) groups excluding carboxylic acids is 1. The lowest BCUT2D eigenvalue weighted by atomic mass is 10.2. The third kappa shape index (κ3) is 4.05. The van der Waals surface area contributed by atoms with E-state index in [1.54, 1.807) is 12.1 Å². The minimum atomic E-state index is -3.44. The van der Waals surface area contributed by atoms with Crippen molar-refractivity contribution in [2.24, 2.45) is 0 Å². The Morgan fingerprint density at radius 3 is 2.45 bits per heavy atom. The zero-order chi connectivity index (χ0) is 14.6. The van der Waals surface area contributed by atoms with Gasteiger partial charge in [0.25, 0.3) is 5.91 Å². The number of hydrogen-bond acceptors (Lipinski definition) is 3. The number of sulfonamides is 1. The molecular formula is C14H20N2O3S. The molecule has 1 saturated carbocycles. The van der Waals surface area contributed by atoms with Crippen molar-refractivity contribution in [1.29, 1.82) is 0 Å². The van der Waals surface area contributed by atoms with E-state index in [0.717, 1.165) is 25.7 Å². The number of nitrogens with one attached hydrogen (secondary N) is 2. The van der Waals surface area contributed by atoms with Crippen LogP contribution in [0.5, 0.6) is 0 Å². The summed E-state index contributed by atoms with van der Waals surface area (Å²) in [4.78, 5) is 12.0. The highest BCUT2D eigenvalue weighted by Crippen LogP contribution is 2.22. The number of amides is 1. The van der Waals surface area contributed by atoms with Gasteiger partial charge in [-0.15, -0.1) is 0 Å². The molecule has 1 aromatic rings. The van der Waals surface area contributed by atoms with Crippen molar-refractivity contribution < 1.29 is 13.2 Å². The van der Waals surface area contributed by atoms with Gasteiger partial charge in [0.05, 0.1) is 4.90 Å². The number of hydrogen-bond donors (Lipinski definition) is 2. The summed E-state index contributed by atoms with van der Waals surface area (Å²) in [6.07, 6.45) is 3.75. The maximum atomic E-state index is 12.0. The summed E-state index contributed by atoms with van der Waals surface area (Å²) in [6, 6.07) is 6.11. The van der Waals surface area contributed by atoms with E-state index in [4.69, 9.17) is 0 Å². The number of carbonyl (C=O) groups is 1. The summed E-state index contributed by atoms with van der Waals surface area (Å²) < 4.78 is 26.5. The summed E-state index contributed by atoms with van der Waals surface area (Å²) in [5.41, 5.74) is 0.478. The topological polar surface area (TPSA) is 75.3 Å². The van der Waals surface area contributed by atoms with Crippen LogP contribution in [-0.4, -0.2) is 26.9 Å². The smallest absolute Gasteiger partial charge is 0.251 e. The second-order valence-electron chi connectivity index (χ2n) is 5.03. The van der Waals surface area contributed by atoms with Crippen molar-refractivity contribution in [3.63, 3.8) is 0 Å². The fourth-order valence-electron chi connectivity index (χ4n) is 1.75. The average molecular weight is 296 g/mol. The van der Waals surface area contributed by atoms with Crippen LogP contribution in [0.15, 0.2) is 29.2 Å². The first-order valence-corrected chi connectivity index (χ1v) is 8.42. The minimum Gasteiger partial charge on any atom is -0.352 e. The first-order valence-electron chi connectivity index (χ1n) is 6.93. The van der Waals surface area contributed by atoms with Crippen molar-refractivity contribution in [3.8, 4) is 0 Å². The van der Waals surface area contributed by atoms with Gasteiger partial charge in [-0.05, 0) is 43.5 Å². The number of rotatable bonds is 7. The molecule has 0 unspecified atom stereocenters. The quantitative estimate of drug-likeness (QED) is 0.751. The average Bonchev–Trinajstić information content (AvgIpc) is 3.22. The Balaban J connectivity index is 2.00. The third-order valence-corrected chi connectivity index (χ3v) is 4.68. The minimum absolute atomic E-state index is 0.0806. The molecule has 0 spiro atoms. The van der Waals surface area contributed by atoms with Crippen molar-refractivity contribution in [3.05, 3.63) is 29.8 Å². The summed E-state index contributed by atoms with van der Waals surface area (Å²) >= 11 is 0. The molecule has 0 bridgehead atoms. The zero-order valence-corrected chi connectivity index (χ0v) is 12.4. The molecule has 1 aromatic carbocycles. The van der Waals surface area contributed by atoms with Gasteiger partial charge in [0, 0.05) is 18.2 Å². The van der Waals surface area contributed by atoms with Gasteiger partial charge >= 0.3 is 0 Å². The van der Waals surface area contributed by atoms with Crippen LogP contribution in [0, 0.1) is 0 Å². The molecule has 5 nitrogen and oxygen atoms in total. The second kappa shape index (κ2) is 6.37. The molecule has 0 aromatic heterocycles. The van der Waals surface area contributed by atoms with Crippen molar-refractivity contribution in [1.82, 2.24) is 10.0 Å². The van der Waals surface area contributed by atoms with Gasteiger partial charge in [0.2, 0.25) is 10.0 Å². The Bertz CT molecular complexity index is 563. The maximum absolute atomic E-state index is 12.0. The predicted octanol–water partition coefficient (Wildman–Crippen LogP) is 1.66. The summed E-state index contributed by atoms with van der Waals surface area (Å²) in [7, 11) is -3.44. The van der Waals surface area contributed by atoms with Crippen molar-refractivity contribution in [2.45, 2.75) is 43.5 Å². The third-order valence-electron chi connectivity index (χ3n) is 3.14. The Morgan fingerprint density at radius 2 is 1.90 bits per heavy atom. The molecule has 20 heavy (non-hydrogen) atoms. The van der Waals surface area contributed by atoms with E-state index in [2.05, 4.69) is 17.0 Å². The standard InChI is InChI=1S/C14H20N2O3S/c1-2-3-10-15-14(17)11-4-8-13(9-5-11)20(18,19)16-12-6-7-12/h4-5,8-9,12,16H,2-3,6-7,10H2,1H3,(H,15,17). The first kappa shape index (κ1) is 15.0. The van der Waals surface area contributed by atoms with E-state index >= 15 is 0 Å². The second-order valence-corrected chi connectivity index (χ2v) is 6.74. The Kier molecular flexibility index (Phi) is 4.77. The van der Waals surface area contributed by atoms with Crippen molar-refractivity contribution in [2.75, 3.05) is 6.54 Å². The fraction of sp³-hybridized carbons (Fsp3) is 0.500. The van der Waals surface area contributed by atoms with Crippen LogP contribution < -0.4 is 10.0 Å². The molecule has 2 rings (SSSR count). The van der Waals surface area contributed by atoms with Gasteiger partial charge in [-0.2, -0.15) is 0 Å². The molecule has 1 aliphatic rings. The van der Waals surface area contributed by atoms with Gasteiger partial charge in [-0.3, -0.25) is 4.79 Å². The highest BCUT2D eigenvalue weighted by Gasteiger charge is 2.27. The number of unbranched alkanes of at least 4 members (excludes halogenated alkanes) is 1. The van der Waals surface area contributed by atoms with E-state index < -0.39 is 10.0 Å². The summed E-state index contributed by atoms with van der Waals surface area (Å²) in [6.45, 7) is 2.69. The van der Waals surface area contributed by atoms with Crippen LogP contribution in [-0.2, 0) is 10.0 Å². The van der Waals surface area contributed by atoms with Crippen LogP contribution in [0.3, 0.4) is 0 Å². The number of benzene rings is 1. The van der Waals surface area contributed by atoms with Gasteiger partial charge in [0.1, 0.15) is 0 Å². The molecular weight excluding hydrogens is 276 g/mol. The van der Waals surface area contributed by atoms with Gasteiger partial charge in [-0.25, -0.2) is 13.1 Å². The predicted molar refractivity (Wildman–Crippen MR) is 77.0 cm³/mol. The van der Waals surface area contributed by atoms with E-state index in [1.807, 2.05) is 0 Å². The molecule has 0 radical (unpaired) electrons. The molecule has 0 heterocycles. The van der Waals surface area contributed by atoms with E-state index in [0.29, 0.717) is 12.1 Å². The van der Waals surface area contributed by atoms with Gasteiger partial charge in [-0.1, -0.05) is 13.3 Å². The molecule has 1 amide bonds. The zero-order valence-electron chi connectivity index (χ0n) is 11.6. The van der Waals surface area contributed by atoms with Crippen LogP contribution in [0.25, 0.3) is 0 Å². The highest BCUT2D eigenvalue weighted by molar-refractivity contribution is 7.89. The Labute approximate surface area is 119 Å². The monoisotopic (exact) mass is 296 g/mol. The molecule has 6 heteroatoms. The van der Waals surface area contributed by atoms with Crippen LogP contribution in [0.2, 0.25) is 0 Å². The van der Waals surface area contributed by atoms with E-state index in [-0.39, 0.29) is 16.8 Å². The highest BCUT2D eigenvalue weighted by atomic mass is 32.2. The molecule has 2 N–H and O–H groups in total. The fourth-order valence-corrected chi connectivity index (χ4v) is 3.06. The Hall–Kier alpha value is -1.40. The first-order chi connectivity index (χ1) is 9.53. The molecule has 0 saturated heterocycles. The van der Waals surface area contributed by atoms with E-state index in [1.165, 1.54) is 12.1 Å². The molecule has 110 valence electrons. The van der Waals surface area contributed by atoms with Crippen LogP contribution in [0.1, 0.15) is 43.0 Å². The van der Waals surface area contributed by atoms with Gasteiger partial charge in [0.15, 0.2) is 0 Å². The van der Waals surface area contributed by atoms with Crippen LogP contribution >= 0.6 is 0 Å². The van der Waals surface area contributed by atoms with E-state index in [9.17, 15) is 13.2 Å². The molecule has 0 atom stereocenters. The summed E-state index contributed by atoms with van der Waals surface area (Å²) in [5.74, 6) is -0.169. The Morgan fingerprint density at radius 1 is 1.25 bits per heavy atom. The SMILES string of the molecule is CCCCNC(=O)c1ccc(S(=O)(=O)NC2CC2)cc1.